The van der Waals surface area contributed by atoms with Crippen LogP contribution in [0.25, 0.3) is 0 Å². The molecule has 49 heavy (non-hydrogen) atoms. The monoisotopic (exact) mass is 711 g/mol. The van der Waals surface area contributed by atoms with Crippen molar-refractivity contribution in [1.82, 2.24) is 15.5 Å². The van der Waals surface area contributed by atoms with E-state index in [1.807, 2.05) is 13.8 Å². The predicted octanol–water partition coefficient (Wildman–Crippen LogP) is 3.88. The summed E-state index contributed by atoms with van der Waals surface area (Å²) in [5.41, 5.74) is 0.433. The van der Waals surface area contributed by atoms with Crippen molar-refractivity contribution in [3.05, 3.63) is 65.0 Å². The molecule has 2 N–H and O–H groups in total. The minimum absolute atomic E-state index is 0.127. The van der Waals surface area contributed by atoms with Crippen molar-refractivity contribution in [2.45, 2.75) is 64.6 Å². The molecule has 3 atom stereocenters. The zero-order valence-corrected chi connectivity index (χ0v) is 28.4. The molecule has 3 amide bonds. The molecule has 1 aliphatic rings. The first-order chi connectivity index (χ1) is 23.3. The topological polar surface area (TPSA) is 150 Å². The lowest BCUT2D eigenvalue weighted by atomic mass is 10.0. The van der Waals surface area contributed by atoms with Gasteiger partial charge in [-0.2, -0.15) is 0 Å². The second kappa shape index (κ2) is 18.9. The van der Waals surface area contributed by atoms with Crippen LogP contribution in [0.3, 0.4) is 0 Å². The SMILES string of the molecule is CCOC(=O)C(Oc1ccc(CNC(=O)C2SCCN2C(=O)C[C@@H](Cc2cc(F)c(F)cc2F)NC(=O)OCCOC(C)=O)cc1)C(C)C. The van der Waals surface area contributed by atoms with Gasteiger partial charge in [0, 0.05) is 50.2 Å². The Labute approximate surface area is 286 Å². The highest BCUT2D eigenvalue weighted by Crippen LogP contribution is 2.26. The van der Waals surface area contributed by atoms with Crippen LogP contribution in [-0.2, 0) is 46.4 Å². The van der Waals surface area contributed by atoms with Gasteiger partial charge in [-0.15, -0.1) is 11.8 Å². The minimum Gasteiger partial charge on any atom is -0.478 e. The molecule has 0 saturated carbocycles. The zero-order chi connectivity index (χ0) is 36.1. The first-order valence-electron chi connectivity index (χ1n) is 15.6. The third-order valence-corrected chi connectivity index (χ3v) is 8.34. The molecule has 1 fully saturated rings. The Balaban J connectivity index is 1.62. The van der Waals surface area contributed by atoms with Crippen LogP contribution >= 0.6 is 11.8 Å². The van der Waals surface area contributed by atoms with Gasteiger partial charge in [0.1, 0.15) is 24.8 Å². The Morgan fingerprint density at radius 3 is 2.29 bits per heavy atom. The molecular formula is C33H40F3N3O9S. The van der Waals surface area contributed by atoms with E-state index in [9.17, 15) is 37.1 Å². The number of thioether (sulfide) groups is 1. The molecule has 0 radical (unpaired) electrons. The van der Waals surface area contributed by atoms with Crippen molar-refractivity contribution in [3.8, 4) is 5.75 Å². The number of carbonyl (C=O) groups excluding carboxylic acids is 5. The smallest absolute Gasteiger partial charge is 0.407 e. The van der Waals surface area contributed by atoms with Gasteiger partial charge in [0.25, 0.3) is 5.91 Å². The van der Waals surface area contributed by atoms with Crippen molar-refractivity contribution in [3.63, 3.8) is 0 Å². The van der Waals surface area contributed by atoms with Crippen LogP contribution < -0.4 is 15.4 Å². The van der Waals surface area contributed by atoms with E-state index in [1.54, 1.807) is 31.2 Å². The van der Waals surface area contributed by atoms with E-state index in [-0.39, 0.29) is 44.4 Å². The fourth-order valence-electron chi connectivity index (χ4n) is 4.75. The molecule has 0 aromatic heterocycles. The number of esters is 2. The fraction of sp³-hybridized carbons (Fsp3) is 0.485. The van der Waals surface area contributed by atoms with Crippen molar-refractivity contribution in [1.29, 1.82) is 0 Å². The Morgan fingerprint density at radius 2 is 1.63 bits per heavy atom. The second-order valence-corrected chi connectivity index (χ2v) is 12.5. The van der Waals surface area contributed by atoms with E-state index in [4.69, 9.17) is 18.9 Å². The Kier molecular flexibility index (Phi) is 15.0. The molecule has 0 bridgehead atoms. The molecule has 3 rings (SSSR count). The van der Waals surface area contributed by atoms with Gasteiger partial charge < -0.3 is 34.5 Å². The summed E-state index contributed by atoms with van der Waals surface area (Å²) >= 11 is 1.23. The van der Waals surface area contributed by atoms with Gasteiger partial charge in [0.15, 0.2) is 23.1 Å². The van der Waals surface area contributed by atoms with Crippen molar-refractivity contribution in [2.75, 3.05) is 32.1 Å². The highest BCUT2D eigenvalue weighted by molar-refractivity contribution is 8.00. The number of nitrogens with one attached hydrogen (secondary N) is 2. The third-order valence-electron chi connectivity index (χ3n) is 7.13. The molecule has 268 valence electrons. The highest BCUT2D eigenvalue weighted by Gasteiger charge is 2.36. The number of nitrogens with zero attached hydrogens (tertiary/aromatic N) is 1. The number of amides is 3. The number of rotatable bonds is 16. The molecule has 1 saturated heterocycles. The molecule has 16 heteroatoms. The van der Waals surface area contributed by atoms with E-state index in [0.717, 1.165) is 5.56 Å². The minimum atomic E-state index is -1.40. The van der Waals surface area contributed by atoms with Crippen LogP contribution in [0.5, 0.6) is 5.75 Å². The molecule has 2 aromatic rings. The molecule has 2 aromatic carbocycles. The van der Waals surface area contributed by atoms with Gasteiger partial charge in [-0.1, -0.05) is 26.0 Å². The van der Waals surface area contributed by atoms with Crippen molar-refractivity contribution < 1.29 is 56.1 Å². The van der Waals surface area contributed by atoms with Gasteiger partial charge >= 0.3 is 18.0 Å². The van der Waals surface area contributed by atoms with Crippen molar-refractivity contribution in [2.24, 2.45) is 5.92 Å². The summed E-state index contributed by atoms with van der Waals surface area (Å²) in [5.74, 6) is -5.06. The number of carbonyl (C=O) groups is 5. The average molecular weight is 712 g/mol. The largest absolute Gasteiger partial charge is 0.478 e. The normalized spacial score (nSPS) is 15.3. The summed E-state index contributed by atoms with van der Waals surface area (Å²) in [5, 5.41) is 4.32. The van der Waals surface area contributed by atoms with E-state index >= 15 is 0 Å². The van der Waals surface area contributed by atoms with Crippen LogP contribution in [0.4, 0.5) is 18.0 Å². The molecule has 1 heterocycles. The molecule has 1 aliphatic heterocycles. The molecule has 0 spiro atoms. The fourth-order valence-corrected chi connectivity index (χ4v) is 5.91. The summed E-state index contributed by atoms with van der Waals surface area (Å²) in [7, 11) is 0. The summed E-state index contributed by atoms with van der Waals surface area (Å²) < 4.78 is 62.4. The molecular weight excluding hydrogens is 671 g/mol. The zero-order valence-electron chi connectivity index (χ0n) is 27.6. The number of hydrogen-bond acceptors (Lipinski definition) is 10. The number of hydrogen-bond donors (Lipinski definition) is 2. The van der Waals surface area contributed by atoms with Crippen LogP contribution in [0.2, 0.25) is 0 Å². The first kappa shape index (κ1) is 39.0. The summed E-state index contributed by atoms with van der Waals surface area (Å²) in [4.78, 5) is 63.5. The molecule has 0 aliphatic carbocycles. The maximum Gasteiger partial charge on any atom is 0.407 e. The Morgan fingerprint density at radius 1 is 0.959 bits per heavy atom. The highest BCUT2D eigenvalue weighted by atomic mass is 32.2. The van der Waals surface area contributed by atoms with Crippen LogP contribution in [0.1, 0.15) is 45.2 Å². The predicted molar refractivity (Wildman–Crippen MR) is 172 cm³/mol. The van der Waals surface area contributed by atoms with Crippen LogP contribution in [0.15, 0.2) is 36.4 Å². The van der Waals surface area contributed by atoms with E-state index in [2.05, 4.69) is 10.6 Å². The summed E-state index contributed by atoms with van der Waals surface area (Å²) in [6, 6.07) is 6.65. The number of halogens is 3. The third kappa shape index (κ3) is 12.2. The van der Waals surface area contributed by atoms with E-state index in [1.165, 1.54) is 23.6 Å². The van der Waals surface area contributed by atoms with Gasteiger partial charge in [-0.25, -0.2) is 22.8 Å². The number of benzene rings is 2. The summed E-state index contributed by atoms with van der Waals surface area (Å²) in [6.07, 6.45) is -2.62. The lowest BCUT2D eigenvalue weighted by Crippen LogP contribution is -2.47. The lowest BCUT2D eigenvalue weighted by molar-refractivity contribution is -0.153. The van der Waals surface area contributed by atoms with Crippen LogP contribution in [-0.4, -0.2) is 84.4 Å². The van der Waals surface area contributed by atoms with Crippen molar-refractivity contribution >= 4 is 41.6 Å². The standard InChI is InChI=1S/C33H40F3N3O9S/c1-5-45-32(43)29(19(2)3)48-24-8-6-21(7-9-24)18-37-30(42)31-39(10-13-49-31)28(41)16-23(38-33(44)47-12-11-46-20(4)40)14-22-15-26(35)27(36)17-25(22)34/h6-9,15,17,19,23,29,31H,5,10-14,16,18H2,1-4H3,(H,37,42)(H,38,44)/t23-,29?,31?/m1/s1. The lowest BCUT2D eigenvalue weighted by Gasteiger charge is -2.26. The van der Waals surface area contributed by atoms with Crippen LogP contribution in [0, 0.1) is 23.4 Å². The van der Waals surface area contributed by atoms with Gasteiger partial charge in [-0.3, -0.25) is 14.4 Å². The molecule has 2 unspecified atom stereocenters. The van der Waals surface area contributed by atoms with Gasteiger partial charge in [0.2, 0.25) is 5.91 Å². The number of ether oxygens (including phenoxy) is 4. The van der Waals surface area contributed by atoms with E-state index < -0.39 is 77.7 Å². The quantitative estimate of drug-likeness (QED) is 0.114. The van der Waals surface area contributed by atoms with Gasteiger partial charge in [-0.05, 0) is 42.7 Å². The first-order valence-corrected chi connectivity index (χ1v) is 16.6. The Hall–Kier alpha value is -4.47. The molecule has 12 nitrogen and oxygen atoms in total. The summed E-state index contributed by atoms with van der Waals surface area (Å²) in [6.45, 7) is 6.61. The average Bonchev–Trinajstić information content (AvgIpc) is 3.54. The number of alkyl carbamates (subject to hydrolysis) is 1. The van der Waals surface area contributed by atoms with Gasteiger partial charge in [0.05, 0.1) is 6.61 Å². The maximum atomic E-state index is 14.5. The Bertz CT molecular complexity index is 1480. The second-order valence-electron chi connectivity index (χ2n) is 11.3. The maximum absolute atomic E-state index is 14.5. The van der Waals surface area contributed by atoms with E-state index in [0.29, 0.717) is 23.6 Å².